The molecule has 19 heavy (non-hydrogen) atoms. The molecule has 1 atom stereocenters. The van der Waals surface area contributed by atoms with Crippen LogP contribution in [0.5, 0.6) is 0 Å². The van der Waals surface area contributed by atoms with E-state index in [1.54, 1.807) is 0 Å². The second-order valence-corrected chi connectivity index (χ2v) is 6.05. The summed E-state index contributed by atoms with van der Waals surface area (Å²) in [5.74, 6) is -0.658. The van der Waals surface area contributed by atoms with Gasteiger partial charge >= 0.3 is 5.97 Å². The number of rotatable bonds is 3. The molecule has 2 aliphatic rings. The topological polar surface area (TPSA) is 40.5 Å². The van der Waals surface area contributed by atoms with Crippen molar-refractivity contribution in [2.24, 2.45) is 11.3 Å². The van der Waals surface area contributed by atoms with E-state index in [0.717, 1.165) is 45.3 Å². The van der Waals surface area contributed by atoms with E-state index in [0.29, 0.717) is 0 Å². The molecule has 0 amide bonds. The predicted molar refractivity (Wildman–Crippen MR) is 73.7 cm³/mol. The van der Waals surface area contributed by atoms with Crippen LogP contribution in [0.25, 0.3) is 0 Å². The van der Waals surface area contributed by atoms with Crippen LogP contribution in [0.4, 0.5) is 0 Å². The Morgan fingerprint density at radius 2 is 1.89 bits per heavy atom. The number of piperidine rings is 1. The summed E-state index contributed by atoms with van der Waals surface area (Å²) < 4.78 is 0. The first-order valence-corrected chi connectivity index (χ1v) is 7.19. The zero-order valence-corrected chi connectivity index (χ0v) is 11.2. The van der Waals surface area contributed by atoms with E-state index in [2.05, 4.69) is 29.2 Å². The molecule has 3 heteroatoms. The van der Waals surface area contributed by atoms with E-state index in [-0.39, 0.29) is 11.3 Å². The Balaban J connectivity index is 1.57. The van der Waals surface area contributed by atoms with Gasteiger partial charge in [0.05, 0.1) is 5.92 Å². The molecule has 1 N–H and O–H groups in total. The van der Waals surface area contributed by atoms with Gasteiger partial charge in [0.15, 0.2) is 0 Å². The minimum absolute atomic E-state index is 0.0774. The van der Waals surface area contributed by atoms with Crippen molar-refractivity contribution in [3.05, 3.63) is 35.9 Å². The summed E-state index contributed by atoms with van der Waals surface area (Å²) in [7, 11) is 0. The lowest BCUT2D eigenvalue weighted by Gasteiger charge is -2.52. The number of aliphatic carboxylic acids is 1. The van der Waals surface area contributed by atoms with Gasteiger partial charge in [-0.05, 0) is 49.8 Å². The summed E-state index contributed by atoms with van der Waals surface area (Å²) >= 11 is 0. The van der Waals surface area contributed by atoms with Crippen LogP contribution < -0.4 is 0 Å². The van der Waals surface area contributed by atoms with Gasteiger partial charge < -0.3 is 5.11 Å². The van der Waals surface area contributed by atoms with Crippen LogP contribution in [0.3, 0.4) is 0 Å². The van der Waals surface area contributed by atoms with Crippen molar-refractivity contribution >= 4 is 5.97 Å². The van der Waals surface area contributed by atoms with Crippen LogP contribution in [-0.2, 0) is 11.3 Å². The first-order chi connectivity index (χ1) is 9.20. The highest BCUT2D eigenvalue weighted by atomic mass is 16.4. The number of hydrogen-bond donors (Lipinski definition) is 1. The van der Waals surface area contributed by atoms with Crippen molar-refractivity contribution in [3.8, 4) is 0 Å². The van der Waals surface area contributed by atoms with Gasteiger partial charge in [0.25, 0.3) is 0 Å². The van der Waals surface area contributed by atoms with E-state index in [1.165, 1.54) is 5.56 Å². The van der Waals surface area contributed by atoms with Crippen molar-refractivity contribution in [2.45, 2.75) is 32.2 Å². The lowest BCUT2D eigenvalue weighted by atomic mass is 9.55. The van der Waals surface area contributed by atoms with Gasteiger partial charge in [-0.1, -0.05) is 30.3 Å². The molecule has 1 heterocycles. The van der Waals surface area contributed by atoms with Crippen molar-refractivity contribution in [1.29, 1.82) is 0 Å². The van der Waals surface area contributed by atoms with Gasteiger partial charge in [0.1, 0.15) is 0 Å². The number of likely N-dealkylation sites (tertiary alicyclic amines) is 1. The first kappa shape index (κ1) is 12.7. The maximum absolute atomic E-state index is 11.2. The van der Waals surface area contributed by atoms with Crippen LogP contribution in [-0.4, -0.2) is 29.1 Å². The highest BCUT2D eigenvalue weighted by Crippen LogP contribution is 2.53. The molecule has 1 aliphatic carbocycles. The summed E-state index contributed by atoms with van der Waals surface area (Å²) in [4.78, 5) is 13.7. The smallest absolute Gasteiger partial charge is 0.307 e. The standard InChI is InChI=1S/C16H21NO2/c18-15(19)14-6-7-16(14)8-10-17(11-9-16)12-13-4-2-1-3-5-13/h1-5,14H,6-12H2,(H,18,19). The lowest BCUT2D eigenvalue weighted by Crippen LogP contribution is -2.51. The van der Waals surface area contributed by atoms with Crippen LogP contribution >= 0.6 is 0 Å². The number of nitrogens with zero attached hydrogens (tertiary/aromatic N) is 1. The molecular weight excluding hydrogens is 238 g/mol. The Morgan fingerprint density at radius 1 is 1.21 bits per heavy atom. The van der Waals surface area contributed by atoms with E-state index < -0.39 is 5.97 Å². The minimum atomic E-state index is -0.581. The molecule has 0 radical (unpaired) electrons. The fourth-order valence-corrected chi connectivity index (χ4v) is 3.68. The molecule has 1 unspecified atom stereocenters. The molecule has 3 rings (SSSR count). The molecule has 1 saturated carbocycles. The highest BCUT2D eigenvalue weighted by Gasteiger charge is 2.51. The molecule has 1 aromatic rings. The number of carboxylic acids is 1. The Bertz CT molecular complexity index is 449. The normalized spacial score (nSPS) is 26.0. The minimum Gasteiger partial charge on any atom is -0.481 e. The maximum Gasteiger partial charge on any atom is 0.307 e. The quantitative estimate of drug-likeness (QED) is 0.907. The van der Waals surface area contributed by atoms with E-state index in [4.69, 9.17) is 0 Å². The van der Waals surface area contributed by atoms with E-state index >= 15 is 0 Å². The Morgan fingerprint density at radius 3 is 2.42 bits per heavy atom. The molecule has 102 valence electrons. The summed E-state index contributed by atoms with van der Waals surface area (Å²) in [5, 5.41) is 9.24. The predicted octanol–water partition coefficient (Wildman–Crippen LogP) is 2.76. The average Bonchev–Trinajstić information content (AvgIpc) is 2.39. The fourth-order valence-electron chi connectivity index (χ4n) is 3.68. The van der Waals surface area contributed by atoms with Crippen molar-refractivity contribution in [2.75, 3.05) is 13.1 Å². The Kier molecular flexibility index (Phi) is 3.31. The molecule has 1 spiro atoms. The molecule has 3 nitrogen and oxygen atoms in total. The van der Waals surface area contributed by atoms with E-state index in [1.807, 2.05) is 6.07 Å². The number of carbonyl (C=O) groups is 1. The largest absolute Gasteiger partial charge is 0.481 e. The third-order valence-electron chi connectivity index (χ3n) is 5.07. The van der Waals surface area contributed by atoms with Gasteiger partial charge in [0, 0.05) is 6.54 Å². The fraction of sp³-hybridized carbons (Fsp3) is 0.562. The summed E-state index contributed by atoms with van der Waals surface area (Å²) in [6, 6.07) is 10.5. The first-order valence-electron chi connectivity index (χ1n) is 7.19. The van der Waals surface area contributed by atoms with Crippen molar-refractivity contribution < 1.29 is 9.90 Å². The van der Waals surface area contributed by atoms with Crippen molar-refractivity contribution in [1.82, 2.24) is 4.90 Å². The van der Waals surface area contributed by atoms with Crippen molar-refractivity contribution in [3.63, 3.8) is 0 Å². The summed E-state index contributed by atoms with van der Waals surface area (Å²) in [6.45, 7) is 3.08. The van der Waals surface area contributed by atoms with Gasteiger partial charge in [0.2, 0.25) is 0 Å². The zero-order valence-electron chi connectivity index (χ0n) is 11.2. The second kappa shape index (κ2) is 4.97. The Labute approximate surface area is 114 Å². The van der Waals surface area contributed by atoms with E-state index in [9.17, 15) is 9.90 Å². The number of benzene rings is 1. The van der Waals surface area contributed by atoms with Crippen LogP contribution in [0.2, 0.25) is 0 Å². The molecule has 0 aromatic heterocycles. The monoisotopic (exact) mass is 259 g/mol. The molecular formula is C16H21NO2. The molecule has 1 aromatic carbocycles. The molecule has 1 aliphatic heterocycles. The molecule has 1 saturated heterocycles. The third kappa shape index (κ3) is 2.39. The van der Waals surface area contributed by atoms with Gasteiger partial charge in [-0.3, -0.25) is 9.69 Å². The summed E-state index contributed by atoms with van der Waals surface area (Å²) in [6.07, 6.45) is 4.10. The second-order valence-electron chi connectivity index (χ2n) is 6.05. The van der Waals surface area contributed by atoms with Gasteiger partial charge in [-0.15, -0.1) is 0 Å². The Hall–Kier alpha value is -1.35. The average molecular weight is 259 g/mol. The number of hydrogen-bond acceptors (Lipinski definition) is 2. The van der Waals surface area contributed by atoms with Gasteiger partial charge in [-0.25, -0.2) is 0 Å². The van der Waals surface area contributed by atoms with Crippen LogP contribution in [0.15, 0.2) is 30.3 Å². The van der Waals surface area contributed by atoms with Gasteiger partial charge in [-0.2, -0.15) is 0 Å². The zero-order chi connectivity index (χ0) is 13.3. The number of carboxylic acid groups (broad SMARTS) is 1. The van der Waals surface area contributed by atoms with Crippen LogP contribution in [0, 0.1) is 11.3 Å². The molecule has 2 fully saturated rings. The highest BCUT2D eigenvalue weighted by molar-refractivity contribution is 5.72. The molecule has 0 bridgehead atoms. The van der Waals surface area contributed by atoms with Crippen LogP contribution in [0.1, 0.15) is 31.2 Å². The lowest BCUT2D eigenvalue weighted by molar-refractivity contribution is -0.158. The third-order valence-corrected chi connectivity index (χ3v) is 5.07. The maximum atomic E-state index is 11.2. The SMILES string of the molecule is O=C(O)C1CCC12CCN(Cc1ccccc1)CC2. The summed E-state index contributed by atoms with van der Waals surface area (Å²) in [5.41, 5.74) is 1.47.